The Hall–Kier alpha value is -1.43. The first kappa shape index (κ1) is 10.6. The summed E-state index contributed by atoms with van der Waals surface area (Å²) in [6.07, 6.45) is 0.183. The lowest BCUT2D eigenvalue weighted by atomic mass is 10.3. The Kier molecular flexibility index (Phi) is 3.58. The van der Waals surface area contributed by atoms with Gasteiger partial charge in [-0.2, -0.15) is 5.10 Å². The minimum atomic E-state index is -1.18. The lowest BCUT2D eigenvalue weighted by molar-refractivity contribution is -0.153. The van der Waals surface area contributed by atoms with Crippen molar-refractivity contribution in [1.29, 1.82) is 0 Å². The van der Waals surface area contributed by atoms with Crippen molar-refractivity contribution in [1.82, 2.24) is 14.8 Å². The molecule has 6 heteroatoms. The number of hydrogen-bond acceptors (Lipinski definition) is 5. The van der Waals surface area contributed by atoms with Crippen molar-refractivity contribution in [2.45, 2.75) is 26.5 Å². The van der Waals surface area contributed by atoms with Gasteiger partial charge in [-0.05, 0) is 13.8 Å². The van der Waals surface area contributed by atoms with Crippen molar-refractivity contribution in [2.75, 3.05) is 6.61 Å². The smallest absolute Gasteiger partial charge is 0.336 e. The van der Waals surface area contributed by atoms with Crippen LogP contribution >= 0.6 is 0 Å². The fraction of sp³-hybridized carbons (Fsp3) is 0.625. The van der Waals surface area contributed by atoms with Gasteiger partial charge in [-0.15, -0.1) is 0 Å². The molecule has 1 aromatic heterocycles. The monoisotopic (exact) mass is 199 g/mol. The molecule has 1 N–H and O–H groups in total. The Bertz CT molecular complexity index is 311. The Morgan fingerprint density at radius 1 is 1.79 bits per heavy atom. The summed E-state index contributed by atoms with van der Waals surface area (Å²) in [5.74, 6) is 0.00995. The number of nitrogens with zero attached hydrogens (tertiary/aromatic N) is 3. The first-order chi connectivity index (χ1) is 6.65. The van der Waals surface area contributed by atoms with Gasteiger partial charge in [-0.1, -0.05) is 0 Å². The normalized spacial score (nSPS) is 12.5. The maximum Gasteiger partial charge on any atom is 0.336 e. The van der Waals surface area contributed by atoms with Gasteiger partial charge in [-0.3, -0.25) is 0 Å². The van der Waals surface area contributed by atoms with E-state index in [9.17, 15) is 9.90 Å². The number of aryl methyl sites for hydroxylation is 1. The van der Waals surface area contributed by atoms with E-state index < -0.39 is 12.1 Å². The molecule has 0 aromatic carbocycles. The van der Waals surface area contributed by atoms with Gasteiger partial charge in [0.2, 0.25) is 0 Å². The van der Waals surface area contributed by atoms with Gasteiger partial charge in [-0.25, -0.2) is 14.5 Å². The highest BCUT2D eigenvalue weighted by Gasteiger charge is 2.17. The van der Waals surface area contributed by atoms with E-state index in [-0.39, 0.29) is 13.2 Å². The van der Waals surface area contributed by atoms with Gasteiger partial charge < -0.3 is 9.84 Å². The number of aliphatic hydroxyl groups is 1. The molecule has 1 rings (SSSR count). The summed E-state index contributed by atoms with van der Waals surface area (Å²) in [7, 11) is 0. The minimum Gasteiger partial charge on any atom is -0.464 e. The Morgan fingerprint density at radius 2 is 2.50 bits per heavy atom. The molecule has 78 valence electrons. The van der Waals surface area contributed by atoms with Crippen molar-refractivity contribution >= 4 is 5.97 Å². The van der Waals surface area contributed by atoms with Crippen LogP contribution in [0.25, 0.3) is 0 Å². The summed E-state index contributed by atoms with van der Waals surface area (Å²) in [5, 5.41) is 13.2. The van der Waals surface area contributed by atoms with Crippen molar-refractivity contribution in [2.24, 2.45) is 0 Å². The number of rotatable bonds is 4. The van der Waals surface area contributed by atoms with Crippen molar-refractivity contribution in [3.05, 3.63) is 12.2 Å². The van der Waals surface area contributed by atoms with Crippen LogP contribution in [0.2, 0.25) is 0 Å². The van der Waals surface area contributed by atoms with Gasteiger partial charge in [0.15, 0.2) is 6.10 Å². The fourth-order valence-corrected chi connectivity index (χ4v) is 0.978. The van der Waals surface area contributed by atoms with Crippen LogP contribution in [0.3, 0.4) is 0 Å². The molecule has 6 nitrogen and oxygen atoms in total. The molecule has 0 aliphatic carbocycles. The van der Waals surface area contributed by atoms with Crippen LogP contribution in [0.15, 0.2) is 6.33 Å². The van der Waals surface area contributed by atoms with Crippen molar-refractivity contribution in [3.8, 4) is 0 Å². The van der Waals surface area contributed by atoms with Crippen LogP contribution < -0.4 is 0 Å². The number of aromatic nitrogens is 3. The highest BCUT2D eigenvalue weighted by atomic mass is 16.5. The fourth-order valence-electron chi connectivity index (χ4n) is 0.978. The molecule has 0 aliphatic heterocycles. The molecule has 1 unspecified atom stereocenters. The van der Waals surface area contributed by atoms with E-state index in [0.717, 1.165) is 0 Å². The maximum atomic E-state index is 11.0. The third-order valence-corrected chi connectivity index (χ3v) is 1.71. The molecule has 1 heterocycles. The van der Waals surface area contributed by atoms with E-state index in [1.54, 1.807) is 13.8 Å². The van der Waals surface area contributed by atoms with E-state index in [4.69, 9.17) is 0 Å². The lowest BCUT2D eigenvalue weighted by Gasteiger charge is -2.09. The standard InChI is InChI=1S/C8H13N3O3/c1-3-14-8(13)7(12)4-11-6(2)9-5-10-11/h5,7,12H,3-4H2,1-2H3. The van der Waals surface area contributed by atoms with Gasteiger partial charge in [0, 0.05) is 0 Å². The number of hydrogen-bond donors (Lipinski definition) is 1. The van der Waals surface area contributed by atoms with Gasteiger partial charge in [0.25, 0.3) is 0 Å². The second-order valence-corrected chi connectivity index (χ2v) is 2.76. The Labute approximate surface area is 81.5 Å². The van der Waals surface area contributed by atoms with Crippen LogP contribution in [0.1, 0.15) is 12.7 Å². The van der Waals surface area contributed by atoms with Crippen LogP contribution in [0.5, 0.6) is 0 Å². The zero-order valence-electron chi connectivity index (χ0n) is 8.17. The largest absolute Gasteiger partial charge is 0.464 e. The molecule has 0 fully saturated rings. The summed E-state index contributed by atoms with van der Waals surface area (Å²) < 4.78 is 6.09. The van der Waals surface area contributed by atoms with Crippen LogP contribution in [-0.2, 0) is 16.1 Å². The maximum absolute atomic E-state index is 11.0. The molecule has 0 aliphatic rings. The van der Waals surface area contributed by atoms with Crippen LogP contribution in [-0.4, -0.2) is 38.6 Å². The molecule has 0 radical (unpaired) electrons. The van der Waals surface area contributed by atoms with Crippen molar-refractivity contribution < 1.29 is 14.6 Å². The molecular formula is C8H13N3O3. The third-order valence-electron chi connectivity index (χ3n) is 1.71. The van der Waals surface area contributed by atoms with Gasteiger partial charge in [0.1, 0.15) is 12.2 Å². The van der Waals surface area contributed by atoms with Crippen molar-refractivity contribution in [3.63, 3.8) is 0 Å². The molecule has 1 atom stereocenters. The Morgan fingerprint density at radius 3 is 3.00 bits per heavy atom. The summed E-state index contributed by atoms with van der Waals surface area (Å²) in [6, 6.07) is 0. The lowest BCUT2D eigenvalue weighted by Crippen LogP contribution is -2.28. The average molecular weight is 199 g/mol. The average Bonchev–Trinajstić information content (AvgIpc) is 2.52. The van der Waals surface area contributed by atoms with E-state index in [1.807, 2.05) is 0 Å². The molecule has 0 saturated heterocycles. The molecule has 0 bridgehead atoms. The predicted octanol–water partition coefficient (Wildman–Crippen LogP) is -0.489. The summed E-state index contributed by atoms with van der Waals surface area (Å²) in [6.45, 7) is 3.76. The second kappa shape index (κ2) is 4.71. The molecule has 0 amide bonds. The van der Waals surface area contributed by atoms with Crippen LogP contribution in [0, 0.1) is 6.92 Å². The molecular weight excluding hydrogens is 186 g/mol. The van der Waals surface area contributed by atoms with Gasteiger partial charge in [0.05, 0.1) is 13.2 Å². The molecule has 14 heavy (non-hydrogen) atoms. The Balaban J connectivity index is 2.52. The van der Waals surface area contributed by atoms with E-state index >= 15 is 0 Å². The zero-order chi connectivity index (χ0) is 10.6. The molecule has 0 spiro atoms. The van der Waals surface area contributed by atoms with E-state index in [2.05, 4.69) is 14.8 Å². The van der Waals surface area contributed by atoms with Crippen LogP contribution in [0.4, 0.5) is 0 Å². The topological polar surface area (TPSA) is 77.2 Å². The number of aliphatic hydroxyl groups excluding tert-OH is 1. The number of carbonyl (C=O) groups excluding carboxylic acids is 1. The SMILES string of the molecule is CCOC(=O)C(O)Cn1ncnc1C. The summed E-state index contributed by atoms with van der Waals surface area (Å²) in [4.78, 5) is 14.9. The summed E-state index contributed by atoms with van der Waals surface area (Å²) in [5.41, 5.74) is 0. The van der Waals surface area contributed by atoms with E-state index in [1.165, 1.54) is 11.0 Å². The summed E-state index contributed by atoms with van der Waals surface area (Å²) >= 11 is 0. The van der Waals surface area contributed by atoms with Gasteiger partial charge >= 0.3 is 5.97 Å². The molecule has 1 aromatic rings. The zero-order valence-corrected chi connectivity index (χ0v) is 8.17. The highest BCUT2D eigenvalue weighted by molar-refractivity contribution is 5.74. The number of carbonyl (C=O) groups is 1. The first-order valence-corrected chi connectivity index (χ1v) is 4.34. The minimum absolute atomic E-state index is 0.0741. The number of ether oxygens (including phenoxy) is 1. The second-order valence-electron chi connectivity index (χ2n) is 2.76. The third kappa shape index (κ3) is 2.53. The first-order valence-electron chi connectivity index (χ1n) is 4.34. The number of esters is 1. The quantitative estimate of drug-likeness (QED) is 0.662. The highest BCUT2D eigenvalue weighted by Crippen LogP contribution is 1.96. The molecule has 0 saturated carbocycles. The van der Waals surface area contributed by atoms with E-state index in [0.29, 0.717) is 5.82 Å². The predicted molar refractivity (Wildman–Crippen MR) is 47.4 cm³/mol.